The topological polar surface area (TPSA) is 177 Å². The number of Topliss-reactive ketones (excluding diaryl/α,β-unsaturated/α-hetero) is 1. The van der Waals surface area contributed by atoms with E-state index in [9.17, 15) is 23.1 Å². The predicted octanol–water partition coefficient (Wildman–Crippen LogP) is 1.16. The number of rotatable bonds is 10. The number of sulfonamides is 1. The molecule has 11 nitrogen and oxygen atoms in total. The van der Waals surface area contributed by atoms with Crippen LogP contribution < -0.4 is 16.8 Å². The zero-order valence-corrected chi connectivity index (χ0v) is 24.3. The highest BCUT2D eigenvalue weighted by molar-refractivity contribution is 7.90. The second kappa shape index (κ2) is 12.2. The summed E-state index contributed by atoms with van der Waals surface area (Å²) in [5.74, 6) is -2.12. The van der Waals surface area contributed by atoms with E-state index < -0.39 is 33.4 Å². The number of carboxylic acids is 1. The van der Waals surface area contributed by atoms with Crippen LogP contribution in [-0.4, -0.2) is 81.4 Å². The molecule has 0 spiro atoms. The largest absolute Gasteiger partial charge is 0.480 e. The van der Waals surface area contributed by atoms with Gasteiger partial charge >= 0.3 is 5.97 Å². The third-order valence-electron chi connectivity index (χ3n) is 7.78. The van der Waals surface area contributed by atoms with Gasteiger partial charge in [-0.15, -0.1) is 4.40 Å². The minimum atomic E-state index is -4.14. The number of nitrogens with zero attached hydrogens (tertiary/aromatic N) is 2. The monoisotopic (exact) mass is 583 g/mol. The third kappa shape index (κ3) is 6.41. The first-order valence-corrected chi connectivity index (χ1v) is 14.8. The van der Waals surface area contributed by atoms with Gasteiger partial charge in [0.25, 0.3) is 10.0 Å². The van der Waals surface area contributed by atoms with Crippen molar-refractivity contribution in [1.29, 1.82) is 0 Å². The molecule has 0 amide bonds. The summed E-state index contributed by atoms with van der Waals surface area (Å²) in [5, 5.41) is 12.7. The van der Waals surface area contributed by atoms with Crippen molar-refractivity contribution < 1.29 is 27.9 Å². The predicted molar refractivity (Wildman–Crippen MR) is 155 cm³/mol. The van der Waals surface area contributed by atoms with E-state index in [4.69, 9.17) is 16.2 Å². The number of nitrogens with one attached hydrogen (secondary N) is 1. The van der Waals surface area contributed by atoms with E-state index in [-0.39, 0.29) is 36.2 Å². The van der Waals surface area contributed by atoms with Crippen molar-refractivity contribution in [3.05, 3.63) is 76.4 Å². The molecule has 0 fully saturated rings. The number of amidine groups is 1. The second-order valence-electron chi connectivity index (χ2n) is 10.7. The lowest BCUT2D eigenvalue weighted by atomic mass is 9.80. The Hall–Kier alpha value is -3.42. The molecule has 2 aliphatic rings. The number of hydrogen-bond donors (Lipinski definition) is 4. The van der Waals surface area contributed by atoms with Crippen LogP contribution in [0.2, 0.25) is 0 Å². The van der Waals surface area contributed by atoms with E-state index in [1.165, 1.54) is 6.07 Å². The maximum atomic E-state index is 13.3. The number of ketones is 1. The summed E-state index contributed by atoms with van der Waals surface area (Å²) in [5.41, 5.74) is 14.2. The first-order valence-electron chi connectivity index (χ1n) is 13.3. The van der Waals surface area contributed by atoms with Crippen LogP contribution in [0.4, 0.5) is 0 Å². The number of methoxy groups -OCH3 is 1. The van der Waals surface area contributed by atoms with Crippen LogP contribution in [0.25, 0.3) is 0 Å². The fourth-order valence-electron chi connectivity index (χ4n) is 5.48. The Labute approximate surface area is 240 Å². The lowest BCUT2D eigenvalue weighted by molar-refractivity contribution is -0.150. The zero-order chi connectivity index (χ0) is 29.9. The number of carbonyl (C=O) groups excluding carboxylic acids is 1. The lowest BCUT2D eigenvalue weighted by Crippen LogP contribution is -2.64. The highest BCUT2D eigenvalue weighted by Gasteiger charge is 2.48. The summed E-state index contributed by atoms with van der Waals surface area (Å²) < 4.78 is 35.8. The van der Waals surface area contributed by atoms with Gasteiger partial charge in [0.15, 0.2) is 11.3 Å². The van der Waals surface area contributed by atoms with Crippen LogP contribution in [0.5, 0.6) is 0 Å². The van der Waals surface area contributed by atoms with Gasteiger partial charge < -0.3 is 21.3 Å². The summed E-state index contributed by atoms with van der Waals surface area (Å²) in [6.07, 6.45) is 2.69. The zero-order valence-electron chi connectivity index (χ0n) is 23.5. The number of aliphatic carboxylic acids is 1. The number of nitrogens with two attached hydrogens (primary N) is 2. The average Bonchev–Trinajstić information content (AvgIpc) is 2.93. The molecule has 2 aromatic rings. The number of benzene rings is 2. The van der Waals surface area contributed by atoms with Gasteiger partial charge in [0.2, 0.25) is 0 Å². The quantitative estimate of drug-likeness (QED) is 0.137. The van der Waals surface area contributed by atoms with Crippen molar-refractivity contribution in [2.75, 3.05) is 33.9 Å². The van der Waals surface area contributed by atoms with Crippen LogP contribution in [0, 0.1) is 0 Å². The fraction of sp³-hybridized carbons (Fsp3) is 0.414. The first-order chi connectivity index (χ1) is 19.4. The van der Waals surface area contributed by atoms with E-state index in [1.54, 1.807) is 44.4 Å². The minimum Gasteiger partial charge on any atom is -0.480 e. The van der Waals surface area contributed by atoms with Crippen LogP contribution in [0.3, 0.4) is 0 Å². The second-order valence-corrected chi connectivity index (χ2v) is 12.3. The molecular weight excluding hydrogens is 546 g/mol. The number of likely N-dealkylation sites (N-methyl/N-ethyl adjacent to an activating group) is 1. The number of carboxylic acid groups (broad SMARTS) is 1. The molecule has 0 aliphatic carbocycles. The Balaban J connectivity index is 1.56. The summed E-state index contributed by atoms with van der Waals surface area (Å²) >= 11 is 0. The minimum absolute atomic E-state index is 0.0254. The van der Waals surface area contributed by atoms with Gasteiger partial charge in [0.1, 0.15) is 5.84 Å². The molecule has 2 aromatic carbocycles. The molecule has 0 unspecified atom stereocenters. The number of carbonyl (C=O) groups is 2. The van der Waals surface area contributed by atoms with Crippen molar-refractivity contribution >= 4 is 27.6 Å². The Morgan fingerprint density at radius 1 is 1.27 bits per heavy atom. The smallest absolute Gasteiger partial charge is 0.332 e. The van der Waals surface area contributed by atoms with E-state index in [1.807, 2.05) is 19.2 Å². The molecule has 12 heteroatoms. The summed E-state index contributed by atoms with van der Waals surface area (Å²) in [6.45, 7) is 3.29. The molecule has 2 heterocycles. The van der Waals surface area contributed by atoms with Gasteiger partial charge in [-0.1, -0.05) is 35.9 Å². The van der Waals surface area contributed by atoms with Crippen LogP contribution in [0.15, 0.2) is 63.4 Å². The van der Waals surface area contributed by atoms with Gasteiger partial charge in [-0.25, -0.2) is 4.79 Å². The van der Waals surface area contributed by atoms with E-state index in [2.05, 4.69) is 14.6 Å². The highest BCUT2D eigenvalue weighted by Crippen LogP contribution is 2.31. The molecule has 6 N–H and O–H groups in total. The van der Waals surface area contributed by atoms with Crippen LogP contribution >= 0.6 is 0 Å². The molecule has 3 atom stereocenters. The normalized spacial score (nSPS) is 22.5. The SMILES string of the molecule is COC[C@H]1c2cc(S(=O)(=O)N=C(N)c3cccc(C[C@H](N)C(=O)[C@@]4(C(=O)O)CC(C)=CCN4)c3)ccc2CCN1C. The average molecular weight is 584 g/mol. The van der Waals surface area contributed by atoms with Crippen molar-refractivity contribution in [3.63, 3.8) is 0 Å². The first kappa shape index (κ1) is 30.5. The Bertz CT molecular complexity index is 1500. The van der Waals surface area contributed by atoms with Gasteiger partial charge in [0, 0.05) is 32.2 Å². The summed E-state index contributed by atoms with van der Waals surface area (Å²) in [7, 11) is -0.553. The number of fused-ring (bicyclic) bond motifs is 1. The molecule has 0 aromatic heterocycles. The Kier molecular flexibility index (Phi) is 9.10. The van der Waals surface area contributed by atoms with E-state index >= 15 is 0 Å². The van der Waals surface area contributed by atoms with Crippen molar-refractivity contribution in [2.45, 2.75) is 48.7 Å². The Morgan fingerprint density at radius 2 is 2.02 bits per heavy atom. The molecule has 0 saturated heterocycles. The lowest BCUT2D eigenvalue weighted by Gasteiger charge is -2.34. The third-order valence-corrected chi connectivity index (χ3v) is 9.07. The maximum absolute atomic E-state index is 13.3. The fourth-order valence-corrected chi connectivity index (χ4v) is 6.46. The summed E-state index contributed by atoms with van der Waals surface area (Å²) in [6, 6.07) is 10.4. The molecule has 41 heavy (non-hydrogen) atoms. The highest BCUT2D eigenvalue weighted by atomic mass is 32.2. The number of hydrogen-bond acceptors (Lipinski definition) is 8. The molecular formula is C29H37N5O6S. The van der Waals surface area contributed by atoms with E-state index in [0.717, 1.165) is 29.7 Å². The van der Waals surface area contributed by atoms with Crippen LogP contribution in [0.1, 0.15) is 41.6 Å². The standard InChI is InChI=1S/C29H37N5O6S/c1-18-9-11-32-29(16-18,28(36)37)26(35)24(30)14-19-5-4-6-21(13-19)27(31)33-41(38,39)22-8-7-20-10-12-34(2)25(17-40-3)23(20)15-22/h4-9,13,15,24-25,32H,10-12,14,16-17,30H2,1-3H3,(H2,31,33)(H,36,37)/t24-,25-,29+/m0/s1. The van der Waals surface area contributed by atoms with E-state index in [0.29, 0.717) is 17.7 Å². The number of ether oxygens (including phenoxy) is 1. The molecule has 4 rings (SSSR count). The Morgan fingerprint density at radius 3 is 2.71 bits per heavy atom. The molecule has 220 valence electrons. The van der Waals surface area contributed by atoms with Gasteiger partial charge in [-0.3, -0.25) is 15.0 Å². The molecule has 2 aliphatic heterocycles. The van der Waals surface area contributed by atoms with Gasteiger partial charge in [0.05, 0.1) is 23.6 Å². The van der Waals surface area contributed by atoms with Gasteiger partial charge in [-0.05, 0) is 61.7 Å². The van der Waals surface area contributed by atoms with Crippen molar-refractivity contribution in [2.24, 2.45) is 15.9 Å². The molecule has 0 bridgehead atoms. The van der Waals surface area contributed by atoms with Crippen molar-refractivity contribution in [3.8, 4) is 0 Å². The van der Waals surface area contributed by atoms with Gasteiger partial charge in [-0.2, -0.15) is 8.42 Å². The van der Waals surface area contributed by atoms with Crippen molar-refractivity contribution in [1.82, 2.24) is 10.2 Å². The molecule has 0 radical (unpaired) electrons. The van der Waals surface area contributed by atoms with Crippen LogP contribution in [-0.2, 0) is 37.2 Å². The maximum Gasteiger partial charge on any atom is 0.332 e. The summed E-state index contributed by atoms with van der Waals surface area (Å²) in [4.78, 5) is 27.5. The molecule has 0 saturated carbocycles.